The maximum Gasteiger partial charge on any atom is 0.338 e. The van der Waals surface area contributed by atoms with Gasteiger partial charge in [-0.2, -0.15) is 0 Å². The van der Waals surface area contributed by atoms with Crippen LogP contribution in [0.3, 0.4) is 0 Å². The Balaban J connectivity index is 2.20. The maximum atomic E-state index is 11.6. The zero-order chi connectivity index (χ0) is 15.2. The van der Waals surface area contributed by atoms with Crippen molar-refractivity contribution in [1.29, 1.82) is 0 Å². The largest absolute Gasteiger partial charge is 0.468 e. The Labute approximate surface area is 125 Å². The zero-order valence-electron chi connectivity index (χ0n) is 11.3. The van der Waals surface area contributed by atoms with Gasteiger partial charge in [-0.3, -0.25) is 10.1 Å². The van der Waals surface area contributed by atoms with Crippen LogP contribution in [0.5, 0.6) is 0 Å². The van der Waals surface area contributed by atoms with Crippen LogP contribution in [0, 0.1) is 10.1 Å². The highest BCUT2D eigenvalue weighted by atomic mass is 32.2. The van der Waals surface area contributed by atoms with Crippen molar-refractivity contribution in [2.45, 2.75) is 17.6 Å². The molecule has 0 radical (unpaired) electrons. The fourth-order valence-corrected chi connectivity index (χ4v) is 2.57. The molecule has 1 heterocycles. The Kier molecular flexibility index (Phi) is 4.99. The predicted molar refractivity (Wildman–Crippen MR) is 77.3 cm³/mol. The zero-order valence-corrected chi connectivity index (χ0v) is 12.1. The van der Waals surface area contributed by atoms with Gasteiger partial charge < -0.3 is 9.15 Å². The summed E-state index contributed by atoms with van der Waals surface area (Å²) in [5.74, 6) is 0.638. The quantitative estimate of drug-likeness (QED) is 0.350. The molecule has 0 spiro atoms. The minimum Gasteiger partial charge on any atom is -0.468 e. The minimum atomic E-state index is -0.566. The molecule has 7 heteroatoms. The number of nitro groups is 1. The topological polar surface area (TPSA) is 82.6 Å². The third-order valence-corrected chi connectivity index (χ3v) is 3.70. The Bertz CT molecular complexity index is 639. The Hall–Kier alpha value is -2.28. The van der Waals surface area contributed by atoms with Crippen molar-refractivity contribution >= 4 is 23.4 Å². The van der Waals surface area contributed by atoms with Gasteiger partial charge in [0.2, 0.25) is 0 Å². The number of benzene rings is 1. The Morgan fingerprint density at radius 2 is 2.24 bits per heavy atom. The summed E-state index contributed by atoms with van der Waals surface area (Å²) in [7, 11) is 0. The Morgan fingerprint density at radius 1 is 1.43 bits per heavy atom. The molecule has 2 rings (SSSR count). The molecule has 1 aromatic heterocycles. The summed E-state index contributed by atoms with van der Waals surface area (Å²) in [5, 5.41) is 11.1. The van der Waals surface area contributed by atoms with Gasteiger partial charge in [-0.15, -0.1) is 11.8 Å². The normalized spacial score (nSPS) is 10.3. The summed E-state index contributed by atoms with van der Waals surface area (Å²) in [6.45, 7) is 1.90. The highest BCUT2D eigenvalue weighted by Crippen LogP contribution is 2.32. The molecule has 0 saturated carbocycles. The van der Waals surface area contributed by atoms with Crippen molar-refractivity contribution in [1.82, 2.24) is 0 Å². The maximum absolute atomic E-state index is 11.6. The molecule has 0 atom stereocenters. The van der Waals surface area contributed by atoms with E-state index in [9.17, 15) is 14.9 Å². The number of carbonyl (C=O) groups excluding carboxylic acids is 1. The molecular formula is C14H13NO5S. The molecule has 0 aliphatic heterocycles. The highest BCUT2D eigenvalue weighted by molar-refractivity contribution is 7.98. The smallest absolute Gasteiger partial charge is 0.338 e. The van der Waals surface area contributed by atoms with E-state index >= 15 is 0 Å². The SMILES string of the molecule is CCOC(=O)c1ccc(SCc2ccco2)c([N+](=O)[O-])c1. The van der Waals surface area contributed by atoms with E-state index in [1.165, 1.54) is 23.9 Å². The number of esters is 1. The summed E-state index contributed by atoms with van der Waals surface area (Å²) in [4.78, 5) is 22.7. The van der Waals surface area contributed by atoms with Gasteiger partial charge in [-0.25, -0.2) is 4.79 Å². The van der Waals surface area contributed by atoms with Gasteiger partial charge in [0.05, 0.1) is 34.0 Å². The van der Waals surface area contributed by atoms with E-state index in [0.29, 0.717) is 10.6 Å². The molecular weight excluding hydrogens is 294 g/mol. The minimum absolute atomic E-state index is 0.114. The lowest BCUT2D eigenvalue weighted by Crippen LogP contribution is -2.05. The molecule has 0 saturated heterocycles. The van der Waals surface area contributed by atoms with Crippen LogP contribution in [0.4, 0.5) is 5.69 Å². The number of nitro benzene ring substituents is 1. The first kappa shape index (κ1) is 15.1. The monoisotopic (exact) mass is 307 g/mol. The summed E-state index contributed by atoms with van der Waals surface area (Å²) in [5.41, 5.74) is 0.0583. The fourth-order valence-electron chi connectivity index (χ4n) is 1.67. The molecule has 0 aliphatic rings. The van der Waals surface area contributed by atoms with E-state index in [1.807, 2.05) is 0 Å². The van der Waals surface area contributed by atoms with E-state index in [2.05, 4.69) is 0 Å². The molecule has 0 unspecified atom stereocenters. The van der Waals surface area contributed by atoms with Gasteiger partial charge in [0.15, 0.2) is 0 Å². The standard InChI is InChI=1S/C14H13NO5S/c1-2-19-14(16)10-5-6-13(12(8-10)15(17)18)21-9-11-4-3-7-20-11/h3-8H,2,9H2,1H3. The average Bonchev–Trinajstić information content (AvgIpc) is 2.98. The number of hydrogen-bond acceptors (Lipinski definition) is 6. The van der Waals surface area contributed by atoms with Crippen LogP contribution in [0.25, 0.3) is 0 Å². The summed E-state index contributed by atoms with van der Waals surface area (Å²) >= 11 is 1.28. The van der Waals surface area contributed by atoms with Crippen molar-refractivity contribution in [2.24, 2.45) is 0 Å². The molecule has 0 aliphatic carbocycles. The molecule has 110 valence electrons. The van der Waals surface area contributed by atoms with E-state index in [0.717, 1.165) is 5.76 Å². The molecule has 1 aromatic carbocycles. The molecule has 0 bridgehead atoms. The van der Waals surface area contributed by atoms with E-state index < -0.39 is 10.9 Å². The van der Waals surface area contributed by atoms with E-state index in [4.69, 9.17) is 9.15 Å². The lowest BCUT2D eigenvalue weighted by molar-refractivity contribution is -0.387. The van der Waals surface area contributed by atoms with Gasteiger partial charge >= 0.3 is 5.97 Å². The van der Waals surface area contributed by atoms with E-state index in [1.54, 1.807) is 31.4 Å². The average molecular weight is 307 g/mol. The van der Waals surface area contributed by atoms with Crippen molar-refractivity contribution in [3.8, 4) is 0 Å². The second-order valence-corrected chi connectivity index (χ2v) is 5.05. The number of thioether (sulfide) groups is 1. The molecule has 21 heavy (non-hydrogen) atoms. The highest BCUT2D eigenvalue weighted by Gasteiger charge is 2.18. The van der Waals surface area contributed by atoms with Gasteiger partial charge in [-0.1, -0.05) is 0 Å². The van der Waals surface area contributed by atoms with Crippen molar-refractivity contribution < 1.29 is 18.9 Å². The number of furan rings is 1. The number of rotatable bonds is 6. The van der Waals surface area contributed by atoms with Crippen LogP contribution >= 0.6 is 11.8 Å². The third-order valence-electron chi connectivity index (χ3n) is 2.62. The third kappa shape index (κ3) is 3.85. The molecule has 0 fully saturated rings. The van der Waals surface area contributed by atoms with Gasteiger partial charge in [-0.05, 0) is 31.2 Å². The van der Waals surface area contributed by atoms with Gasteiger partial charge in [0.25, 0.3) is 5.69 Å². The lowest BCUT2D eigenvalue weighted by atomic mass is 10.2. The summed E-state index contributed by atoms with van der Waals surface area (Å²) < 4.78 is 10.0. The summed E-state index contributed by atoms with van der Waals surface area (Å²) in [6.07, 6.45) is 1.55. The molecule has 0 amide bonds. The summed E-state index contributed by atoms with van der Waals surface area (Å²) in [6, 6.07) is 7.87. The van der Waals surface area contributed by atoms with Crippen molar-refractivity contribution in [2.75, 3.05) is 6.61 Å². The van der Waals surface area contributed by atoms with Crippen LogP contribution in [0.1, 0.15) is 23.0 Å². The van der Waals surface area contributed by atoms with Gasteiger partial charge in [0.1, 0.15) is 5.76 Å². The van der Waals surface area contributed by atoms with Crippen molar-refractivity contribution in [3.63, 3.8) is 0 Å². The fraction of sp³-hybridized carbons (Fsp3) is 0.214. The lowest BCUT2D eigenvalue weighted by Gasteiger charge is -2.05. The van der Waals surface area contributed by atoms with E-state index in [-0.39, 0.29) is 17.9 Å². The number of carbonyl (C=O) groups is 1. The van der Waals surface area contributed by atoms with Gasteiger partial charge in [0, 0.05) is 6.07 Å². The molecule has 6 nitrogen and oxygen atoms in total. The first-order valence-electron chi connectivity index (χ1n) is 6.22. The van der Waals surface area contributed by atoms with Crippen LogP contribution in [0.2, 0.25) is 0 Å². The second-order valence-electron chi connectivity index (χ2n) is 4.03. The number of hydrogen-bond donors (Lipinski definition) is 0. The van der Waals surface area contributed by atoms with Crippen LogP contribution in [-0.4, -0.2) is 17.5 Å². The van der Waals surface area contributed by atoms with Crippen LogP contribution in [0.15, 0.2) is 45.9 Å². The first-order valence-corrected chi connectivity index (χ1v) is 7.21. The Morgan fingerprint density at radius 3 is 2.86 bits per heavy atom. The first-order chi connectivity index (χ1) is 10.1. The second kappa shape index (κ2) is 6.94. The van der Waals surface area contributed by atoms with Crippen LogP contribution in [-0.2, 0) is 10.5 Å². The predicted octanol–water partition coefficient (Wildman–Crippen LogP) is 3.66. The number of nitrogens with zero attached hydrogens (tertiary/aromatic N) is 1. The van der Waals surface area contributed by atoms with Crippen molar-refractivity contribution in [3.05, 3.63) is 58.0 Å². The number of ether oxygens (including phenoxy) is 1. The van der Waals surface area contributed by atoms with Crippen LogP contribution < -0.4 is 0 Å². The molecule has 2 aromatic rings. The molecule has 0 N–H and O–H groups in total.